The predicted octanol–water partition coefficient (Wildman–Crippen LogP) is 2.89. The molecule has 0 N–H and O–H groups in total. The Morgan fingerprint density at radius 3 is 2.56 bits per heavy atom. The van der Waals surface area contributed by atoms with Crippen LogP contribution in [0.15, 0.2) is 54.8 Å². The van der Waals surface area contributed by atoms with E-state index in [0.29, 0.717) is 6.54 Å². The van der Waals surface area contributed by atoms with Gasteiger partial charge in [-0.1, -0.05) is 42.5 Å². The Kier molecular flexibility index (Phi) is 5.06. The van der Waals surface area contributed by atoms with E-state index in [2.05, 4.69) is 0 Å². The summed E-state index contributed by atoms with van der Waals surface area (Å²) in [6, 6.07) is 9.34. The molecule has 2 heteroatoms. The number of carbonyl (C=O) groups excluding carboxylic acids is 1. The van der Waals surface area contributed by atoms with E-state index in [0.717, 1.165) is 5.56 Å². The largest absolute Gasteiger partial charge is 0.373 e. The number of Topliss-reactive ketones (excluding diaryl/α,β-unsaturated/α-hetero) is 1. The molecule has 16 heavy (non-hydrogen) atoms. The van der Waals surface area contributed by atoms with Gasteiger partial charge in [-0.25, -0.2) is 0 Å². The van der Waals surface area contributed by atoms with Crippen LogP contribution in [0.1, 0.15) is 17.3 Å². The molecule has 1 aromatic rings. The summed E-state index contributed by atoms with van der Waals surface area (Å²) in [6.45, 7) is 2.36. The van der Waals surface area contributed by atoms with Gasteiger partial charge in [-0.15, -0.1) is 0 Å². The van der Waals surface area contributed by atoms with E-state index in [4.69, 9.17) is 0 Å². The first-order valence-electron chi connectivity index (χ1n) is 5.32. The Morgan fingerprint density at radius 1 is 1.25 bits per heavy atom. The molecule has 0 aliphatic heterocycles. The number of rotatable bonds is 5. The van der Waals surface area contributed by atoms with Gasteiger partial charge in [-0.05, 0) is 19.2 Å². The Morgan fingerprint density at radius 2 is 1.94 bits per heavy atom. The standard InChI is InChI=1S/C14H17NO/c1-3-4-8-11-15(2)12-14(16)13-9-6-5-7-10-13/h3-11H,12H2,1-2H3/b4-3-,11-8-. The summed E-state index contributed by atoms with van der Waals surface area (Å²) in [5, 5.41) is 0. The molecule has 0 aliphatic carbocycles. The van der Waals surface area contributed by atoms with Crippen molar-refractivity contribution >= 4 is 5.78 Å². The van der Waals surface area contributed by atoms with Gasteiger partial charge >= 0.3 is 0 Å². The number of nitrogens with zero attached hydrogens (tertiary/aromatic N) is 1. The molecule has 0 aliphatic rings. The monoisotopic (exact) mass is 215 g/mol. The molecule has 0 unspecified atom stereocenters. The summed E-state index contributed by atoms with van der Waals surface area (Å²) in [5.74, 6) is 0.133. The van der Waals surface area contributed by atoms with Gasteiger partial charge in [0.1, 0.15) is 0 Å². The molecule has 0 radical (unpaired) electrons. The number of benzene rings is 1. The Balaban J connectivity index is 2.52. The molecule has 0 spiro atoms. The lowest BCUT2D eigenvalue weighted by atomic mass is 10.1. The quantitative estimate of drug-likeness (QED) is 0.556. The van der Waals surface area contributed by atoms with Crippen LogP contribution in [0.25, 0.3) is 0 Å². The average Bonchev–Trinajstić information content (AvgIpc) is 2.30. The summed E-state index contributed by atoms with van der Waals surface area (Å²) in [4.78, 5) is 13.7. The maximum absolute atomic E-state index is 11.8. The fourth-order valence-electron chi connectivity index (χ4n) is 1.30. The van der Waals surface area contributed by atoms with Gasteiger partial charge in [0.25, 0.3) is 0 Å². The van der Waals surface area contributed by atoms with Crippen LogP contribution in [0.3, 0.4) is 0 Å². The number of hydrogen-bond donors (Lipinski definition) is 0. The molecule has 0 aromatic heterocycles. The summed E-state index contributed by atoms with van der Waals surface area (Å²) in [7, 11) is 1.89. The molecule has 84 valence electrons. The first-order chi connectivity index (χ1) is 7.74. The fourth-order valence-corrected chi connectivity index (χ4v) is 1.30. The molecule has 0 bridgehead atoms. The van der Waals surface area contributed by atoms with Crippen molar-refractivity contribution in [1.29, 1.82) is 0 Å². The lowest BCUT2D eigenvalue weighted by Gasteiger charge is -2.12. The van der Waals surface area contributed by atoms with Crippen molar-refractivity contribution in [2.45, 2.75) is 6.92 Å². The SMILES string of the molecule is C/C=C\C=C/N(C)CC(=O)c1ccccc1. The minimum absolute atomic E-state index is 0.133. The van der Waals surface area contributed by atoms with Gasteiger partial charge in [0.2, 0.25) is 0 Å². The number of ketones is 1. The van der Waals surface area contributed by atoms with E-state index < -0.39 is 0 Å². The summed E-state index contributed by atoms with van der Waals surface area (Å²) in [6.07, 6.45) is 7.69. The zero-order chi connectivity index (χ0) is 11.8. The lowest BCUT2D eigenvalue weighted by Crippen LogP contribution is -2.20. The van der Waals surface area contributed by atoms with E-state index >= 15 is 0 Å². The van der Waals surface area contributed by atoms with Crippen molar-refractivity contribution in [3.8, 4) is 0 Å². The zero-order valence-corrected chi connectivity index (χ0v) is 9.76. The third kappa shape index (κ3) is 4.13. The molecule has 0 saturated heterocycles. The topological polar surface area (TPSA) is 20.3 Å². The predicted molar refractivity (Wildman–Crippen MR) is 67.4 cm³/mol. The Bertz CT molecular complexity index is 379. The summed E-state index contributed by atoms with van der Waals surface area (Å²) in [5.41, 5.74) is 0.758. The molecule has 0 atom stereocenters. The van der Waals surface area contributed by atoms with E-state index in [1.54, 1.807) is 0 Å². The smallest absolute Gasteiger partial charge is 0.182 e. The van der Waals surface area contributed by atoms with Gasteiger partial charge in [-0.2, -0.15) is 0 Å². The number of allylic oxidation sites excluding steroid dienone is 3. The van der Waals surface area contributed by atoms with Crippen molar-refractivity contribution in [3.05, 3.63) is 60.3 Å². The second-order valence-corrected chi connectivity index (χ2v) is 3.57. The fraction of sp³-hybridized carbons (Fsp3) is 0.214. The molecule has 1 rings (SSSR count). The highest BCUT2D eigenvalue weighted by molar-refractivity contribution is 5.97. The van der Waals surface area contributed by atoms with E-state index in [-0.39, 0.29) is 5.78 Å². The first kappa shape index (κ1) is 12.2. The zero-order valence-electron chi connectivity index (χ0n) is 9.76. The van der Waals surface area contributed by atoms with Gasteiger partial charge in [0.15, 0.2) is 5.78 Å². The van der Waals surface area contributed by atoms with Crippen molar-refractivity contribution in [2.75, 3.05) is 13.6 Å². The minimum Gasteiger partial charge on any atom is -0.373 e. The normalized spacial score (nSPS) is 11.1. The van der Waals surface area contributed by atoms with E-state index in [1.165, 1.54) is 0 Å². The van der Waals surface area contributed by atoms with Gasteiger partial charge in [0, 0.05) is 12.6 Å². The third-order valence-corrected chi connectivity index (χ3v) is 2.13. The van der Waals surface area contributed by atoms with Crippen LogP contribution >= 0.6 is 0 Å². The average molecular weight is 215 g/mol. The van der Waals surface area contributed by atoms with Crippen LogP contribution in [0.5, 0.6) is 0 Å². The second kappa shape index (κ2) is 6.62. The Labute approximate surface area is 96.9 Å². The summed E-state index contributed by atoms with van der Waals surface area (Å²) < 4.78 is 0. The molecule has 0 fully saturated rings. The van der Waals surface area contributed by atoms with Gasteiger partial charge < -0.3 is 4.90 Å². The Hall–Kier alpha value is -1.83. The highest BCUT2D eigenvalue weighted by Crippen LogP contribution is 2.01. The van der Waals surface area contributed by atoms with Crippen LogP contribution in [-0.4, -0.2) is 24.3 Å². The number of hydrogen-bond acceptors (Lipinski definition) is 2. The minimum atomic E-state index is 0.133. The lowest BCUT2D eigenvalue weighted by molar-refractivity contribution is 0.0964. The molecule has 1 aromatic carbocycles. The molecule has 2 nitrogen and oxygen atoms in total. The molecule has 0 amide bonds. The van der Waals surface area contributed by atoms with Gasteiger partial charge in [0.05, 0.1) is 6.54 Å². The second-order valence-electron chi connectivity index (χ2n) is 3.57. The van der Waals surface area contributed by atoms with E-state index in [9.17, 15) is 4.79 Å². The van der Waals surface area contributed by atoms with Crippen molar-refractivity contribution in [3.63, 3.8) is 0 Å². The van der Waals surface area contributed by atoms with Crippen LogP contribution in [-0.2, 0) is 0 Å². The van der Waals surface area contributed by atoms with Crippen LogP contribution in [0.2, 0.25) is 0 Å². The first-order valence-corrected chi connectivity index (χ1v) is 5.32. The molecular formula is C14H17NO. The molecule has 0 saturated carbocycles. The van der Waals surface area contributed by atoms with Crippen molar-refractivity contribution in [2.24, 2.45) is 0 Å². The van der Waals surface area contributed by atoms with E-state index in [1.807, 2.05) is 73.6 Å². The molecular weight excluding hydrogens is 198 g/mol. The van der Waals surface area contributed by atoms with Crippen LogP contribution in [0.4, 0.5) is 0 Å². The summed E-state index contributed by atoms with van der Waals surface area (Å²) >= 11 is 0. The van der Waals surface area contributed by atoms with Gasteiger partial charge in [-0.3, -0.25) is 4.79 Å². The maximum atomic E-state index is 11.8. The van der Waals surface area contributed by atoms with Crippen LogP contribution < -0.4 is 0 Å². The number of carbonyl (C=O) groups is 1. The number of likely N-dealkylation sites (N-methyl/N-ethyl adjacent to an activating group) is 1. The molecule has 0 heterocycles. The van der Waals surface area contributed by atoms with Crippen LogP contribution in [0, 0.1) is 0 Å². The highest BCUT2D eigenvalue weighted by Gasteiger charge is 2.05. The van der Waals surface area contributed by atoms with Crippen molar-refractivity contribution < 1.29 is 4.79 Å². The highest BCUT2D eigenvalue weighted by atomic mass is 16.1. The maximum Gasteiger partial charge on any atom is 0.182 e. The third-order valence-electron chi connectivity index (χ3n) is 2.13. The van der Waals surface area contributed by atoms with Crippen molar-refractivity contribution in [1.82, 2.24) is 4.90 Å².